The summed E-state index contributed by atoms with van der Waals surface area (Å²) in [6.07, 6.45) is 0.0370. The zero-order valence-corrected chi connectivity index (χ0v) is 11.7. The van der Waals surface area contributed by atoms with E-state index in [9.17, 15) is 14.0 Å². The average molecular weight is 302 g/mol. The van der Waals surface area contributed by atoms with Crippen LogP contribution >= 0.6 is 0 Å². The number of carbonyl (C=O) groups excluding carboxylic acids is 2. The first-order valence-corrected chi connectivity index (χ1v) is 6.59. The predicted molar refractivity (Wildman–Crippen MR) is 79.9 cm³/mol. The van der Waals surface area contributed by atoms with Crippen LogP contribution < -0.4 is 15.8 Å². The molecule has 2 aromatic rings. The smallest absolute Gasteiger partial charge is 0.262 e. The van der Waals surface area contributed by atoms with Crippen molar-refractivity contribution in [3.8, 4) is 5.75 Å². The fourth-order valence-electron chi connectivity index (χ4n) is 1.85. The molecule has 22 heavy (non-hydrogen) atoms. The molecule has 0 saturated heterocycles. The number of carbonyl (C=O) groups is 2. The molecule has 0 bridgehead atoms. The molecule has 0 aliphatic heterocycles. The molecular weight excluding hydrogens is 287 g/mol. The molecule has 5 nitrogen and oxygen atoms in total. The molecule has 2 amide bonds. The molecule has 6 heteroatoms. The number of hydrogen-bond donors (Lipinski definition) is 2. The standard InChI is InChI=1S/C16H15FN2O3/c17-12-5-7-13(8-6-12)22-10-16(21)19-14-4-2-1-3-11(14)9-15(18)20/h1-8H,9-10H2,(H2,18,20)(H,19,21). The number of benzene rings is 2. The molecule has 0 unspecified atom stereocenters. The third kappa shape index (κ3) is 4.59. The lowest BCUT2D eigenvalue weighted by atomic mass is 10.1. The van der Waals surface area contributed by atoms with Crippen molar-refractivity contribution in [2.75, 3.05) is 11.9 Å². The van der Waals surface area contributed by atoms with Gasteiger partial charge in [0.2, 0.25) is 5.91 Å². The van der Waals surface area contributed by atoms with Crippen LogP contribution in [0.3, 0.4) is 0 Å². The second-order valence-corrected chi connectivity index (χ2v) is 4.59. The fourth-order valence-corrected chi connectivity index (χ4v) is 1.85. The summed E-state index contributed by atoms with van der Waals surface area (Å²) in [4.78, 5) is 22.9. The minimum atomic E-state index is -0.482. The van der Waals surface area contributed by atoms with Crippen LogP contribution in [-0.4, -0.2) is 18.4 Å². The van der Waals surface area contributed by atoms with Crippen LogP contribution in [0.5, 0.6) is 5.75 Å². The van der Waals surface area contributed by atoms with E-state index in [0.717, 1.165) is 0 Å². The maximum Gasteiger partial charge on any atom is 0.262 e. The number of ether oxygens (including phenoxy) is 1. The Bertz CT molecular complexity index is 671. The molecule has 2 aromatic carbocycles. The number of amides is 2. The molecule has 0 radical (unpaired) electrons. The monoisotopic (exact) mass is 302 g/mol. The maximum atomic E-state index is 12.7. The van der Waals surface area contributed by atoms with Crippen molar-refractivity contribution in [3.63, 3.8) is 0 Å². The molecule has 114 valence electrons. The molecule has 0 fully saturated rings. The maximum absolute atomic E-state index is 12.7. The summed E-state index contributed by atoms with van der Waals surface area (Å²) < 4.78 is 18.0. The lowest BCUT2D eigenvalue weighted by molar-refractivity contribution is -0.118. The van der Waals surface area contributed by atoms with Gasteiger partial charge in [-0.15, -0.1) is 0 Å². The minimum absolute atomic E-state index is 0.0370. The molecular formula is C16H15FN2O3. The number of hydrogen-bond acceptors (Lipinski definition) is 3. The molecule has 2 rings (SSSR count). The highest BCUT2D eigenvalue weighted by atomic mass is 19.1. The molecule has 3 N–H and O–H groups in total. The molecule has 0 atom stereocenters. The molecule has 0 heterocycles. The van der Waals surface area contributed by atoms with Crippen LogP contribution in [0.2, 0.25) is 0 Å². The summed E-state index contributed by atoms with van der Waals surface area (Å²) in [7, 11) is 0. The van der Waals surface area contributed by atoms with Crippen LogP contribution in [0.4, 0.5) is 10.1 Å². The van der Waals surface area contributed by atoms with Gasteiger partial charge in [0.15, 0.2) is 6.61 Å². The van der Waals surface area contributed by atoms with Crippen molar-refractivity contribution in [3.05, 3.63) is 59.9 Å². The Balaban J connectivity index is 1.94. The van der Waals surface area contributed by atoms with E-state index < -0.39 is 5.91 Å². The van der Waals surface area contributed by atoms with Gasteiger partial charge in [-0.25, -0.2) is 4.39 Å². The number of anilines is 1. The Kier molecular flexibility index (Phi) is 5.08. The first-order chi connectivity index (χ1) is 10.5. The fraction of sp³-hybridized carbons (Fsp3) is 0.125. The quantitative estimate of drug-likeness (QED) is 0.854. The summed E-state index contributed by atoms with van der Waals surface area (Å²) in [5.41, 5.74) is 6.30. The summed E-state index contributed by atoms with van der Waals surface area (Å²) in [5, 5.41) is 2.65. The Morgan fingerprint density at radius 1 is 1.09 bits per heavy atom. The number of primary amides is 1. The molecule has 0 aliphatic carbocycles. The number of para-hydroxylation sites is 1. The van der Waals surface area contributed by atoms with Gasteiger partial charge >= 0.3 is 0 Å². The van der Waals surface area contributed by atoms with Crippen molar-refractivity contribution in [1.82, 2.24) is 0 Å². The van der Waals surface area contributed by atoms with E-state index in [-0.39, 0.29) is 24.8 Å². The van der Waals surface area contributed by atoms with Gasteiger partial charge in [0, 0.05) is 5.69 Å². The molecule has 0 spiro atoms. The van der Waals surface area contributed by atoms with E-state index in [1.807, 2.05) is 0 Å². The van der Waals surface area contributed by atoms with Gasteiger partial charge in [-0.05, 0) is 35.9 Å². The summed E-state index contributed by atoms with van der Waals surface area (Å²) >= 11 is 0. The van der Waals surface area contributed by atoms with E-state index in [1.54, 1.807) is 24.3 Å². The first-order valence-electron chi connectivity index (χ1n) is 6.59. The van der Waals surface area contributed by atoms with E-state index in [0.29, 0.717) is 17.0 Å². The summed E-state index contributed by atoms with van der Waals surface area (Å²) in [6, 6.07) is 12.2. The number of nitrogens with one attached hydrogen (secondary N) is 1. The van der Waals surface area contributed by atoms with Crippen molar-refractivity contribution in [1.29, 1.82) is 0 Å². The summed E-state index contributed by atoms with van der Waals surface area (Å²) in [6.45, 7) is -0.226. The number of nitrogens with two attached hydrogens (primary N) is 1. The van der Waals surface area contributed by atoms with E-state index >= 15 is 0 Å². The second kappa shape index (κ2) is 7.21. The second-order valence-electron chi connectivity index (χ2n) is 4.59. The Morgan fingerprint density at radius 3 is 2.45 bits per heavy atom. The van der Waals surface area contributed by atoms with Crippen LogP contribution in [0, 0.1) is 5.82 Å². The lowest BCUT2D eigenvalue weighted by Gasteiger charge is -2.10. The van der Waals surface area contributed by atoms with Crippen LogP contribution in [-0.2, 0) is 16.0 Å². The highest BCUT2D eigenvalue weighted by molar-refractivity contribution is 5.93. The van der Waals surface area contributed by atoms with Crippen LogP contribution in [0.1, 0.15) is 5.56 Å². The predicted octanol–water partition coefficient (Wildman–Crippen LogP) is 1.87. The lowest BCUT2D eigenvalue weighted by Crippen LogP contribution is -2.22. The van der Waals surface area contributed by atoms with Crippen molar-refractivity contribution in [2.24, 2.45) is 5.73 Å². The van der Waals surface area contributed by atoms with Gasteiger partial charge in [-0.2, -0.15) is 0 Å². The topological polar surface area (TPSA) is 81.4 Å². The summed E-state index contributed by atoms with van der Waals surface area (Å²) in [5.74, 6) is -0.857. The zero-order chi connectivity index (χ0) is 15.9. The van der Waals surface area contributed by atoms with E-state index in [1.165, 1.54) is 24.3 Å². The van der Waals surface area contributed by atoms with Crippen molar-refractivity contribution < 1.29 is 18.7 Å². The van der Waals surface area contributed by atoms with Crippen LogP contribution in [0.15, 0.2) is 48.5 Å². The SMILES string of the molecule is NC(=O)Cc1ccccc1NC(=O)COc1ccc(F)cc1. The van der Waals surface area contributed by atoms with Gasteiger partial charge < -0.3 is 15.8 Å². The minimum Gasteiger partial charge on any atom is -0.484 e. The van der Waals surface area contributed by atoms with E-state index in [4.69, 9.17) is 10.5 Å². The normalized spacial score (nSPS) is 10.0. The Morgan fingerprint density at radius 2 is 1.77 bits per heavy atom. The number of halogens is 1. The van der Waals surface area contributed by atoms with Gasteiger partial charge in [0.25, 0.3) is 5.91 Å². The number of rotatable bonds is 6. The highest BCUT2D eigenvalue weighted by Gasteiger charge is 2.09. The van der Waals surface area contributed by atoms with Gasteiger partial charge in [0.1, 0.15) is 11.6 Å². The van der Waals surface area contributed by atoms with Crippen LogP contribution in [0.25, 0.3) is 0 Å². The average Bonchev–Trinajstić information content (AvgIpc) is 2.48. The Labute approximate surface area is 126 Å². The largest absolute Gasteiger partial charge is 0.484 e. The van der Waals surface area contributed by atoms with Crippen molar-refractivity contribution >= 4 is 17.5 Å². The third-order valence-corrected chi connectivity index (χ3v) is 2.84. The molecule has 0 aliphatic rings. The zero-order valence-electron chi connectivity index (χ0n) is 11.7. The van der Waals surface area contributed by atoms with Gasteiger partial charge in [-0.1, -0.05) is 18.2 Å². The molecule has 0 saturated carbocycles. The highest BCUT2D eigenvalue weighted by Crippen LogP contribution is 2.16. The van der Waals surface area contributed by atoms with Gasteiger partial charge in [0.05, 0.1) is 6.42 Å². The third-order valence-electron chi connectivity index (χ3n) is 2.84. The molecule has 0 aromatic heterocycles. The first kappa shape index (κ1) is 15.5. The van der Waals surface area contributed by atoms with E-state index in [2.05, 4.69) is 5.32 Å². The van der Waals surface area contributed by atoms with Crippen molar-refractivity contribution in [2.45, 2.75) is 6.42 Å². The Hall–Kier alpha value is -2.89. The van der Waals surface area contributed by atoms with Gasteiger partial charge in [-0.3, -0.25) is 9.59 Å².